The Bertz CT molecular complexity index is 1860. The standard InChI is InChI=1S/C30H27N3O2S/c1-19-13-14-20(2)27(17-19)35-16-8-15-32-21(3)23(22-9-4-6-11-25(22)32)18-28-29(34)33-26-12-7-5-10-24(26)31-30(33)36-28/h4-7,9-14,17-18H,8,15-16H2,1-3H3/b28-18-. The highest BCUT2D eigenvalue weighted by atomic mass is 32.1. The van der Waals surface area contributed by atoms with Gasteiger partial charge in [-0.1, -0.05) is 53.8 Å². The molecule has 0 aliphatic heterocycles. The molecule has 3 heterocycles. The molecule has 3 aromatic heterocycles. The zero-order valence-corrected chi connectivity index (χ0v) is 21.4. The minimum Gasteiger partial charge on any atom is -0.493 e. The van der Waals surface area contributed by atoms with Gasteiger partial charge in [-0.15, -0.1) is 0 Å². The SMILES string of the molecule is Cc1ccc(C)c(OCCCn2c(C)c(/C=c3\sc4nc5ccccc5n4c3=O)c3ccccc32)c1. The maximum atomic E-state index is 13.3. The lowest BCUT2D eigenvalue weighted by Crippen LogP contribution is -2.22. The van der Waals surface area contributed by atoms with Crippen LogP contribution in [-0.2, 0) is 6.54 Å². The van der Waals surface area contributed by atoms with Gasteiger partial charge in [0.1, 0.15) is 5.75 Å². The zero-order chi connectivity index (χ0) is 24.8. The van der Waals surface area contributed by atoms with Crippen molar-refractivity contribution in [1.82, 2.24) is 14.0 Å². The molecule has 0 spiro atoms. The van der Waals surface area contributed by atoms with Crippen molar-refractivity contribution < 1.29 is 4.74 Å². The van der Waals surface area contributed by atoms with Gasteiger partial charge in [-0.05, 0) is 68.7 Å². The zero-order valence-electron chi connectivity index (χ0n) is 20.6. The molecule has 0 aliphatic carbocycles. The second kappa shape index (κ2) is 8.95. The van der Waals surface area contributed by atoms with Gasteiger partial charge in [0.05, 0.1) is 22.2 Å². The molecule has 0 atom stereocenters. The molecule has 6 heteroatoms. The molecule has 0 radical (unpaired) electrons. The fourth-order valence-electron chi connectivity index (χ4n) is 4.94. The molecule has 0 amide bonds. The highest BCUT2D eigenvalue weighted by Crippen LogP contribution is 2.27. The number of hydrogen-bond donors (Lipinski definition) is 0. The first-order valence-electron chi connectivity index (χ1n) is 12.2. The number of fused-ring (bicyclic) bond motifs is 4. The third-order valence-corrected chi connectivity index (χ3v) is 7.80. The van der Waals surface area contributed by atoms with Crippen LogP contribution in [0.5, 0.6) is 5.75 Å². The summed E-state index contributed by atoms with van der Waals surface area (Å²) in [7, 11) is 0. The first kappa shape index (κ1) is 22.6. The van der Waals surface area contributed by atoms with Crippen LogP contribution in [0, 0.1) is 20.8 Å². The normalized spacial score (nSPS) is 12.4. The van der Waals surface area contributed by atoms with E-state index in [4.69, 9.17) is 4.74 Å². The number of nitrogens with zero attached hydrogens (tertiary/aromatic N) is 3. The van der Waals surface area contributed by atoms with Crippen LogP contribution in [0.3, 0.4) is 0 Å². The molecule has 0 bridgehead atoms. The molecule has 0 saturated carbocycles. The van der Waals surface area contributed by atoms with Crippen molar-refractivity contribution >= 4 is 44.3 Å². The molecular weight excluding hydrogens is 466 g/mol. The average Bonchev–Trinajstić information content (AvgIpc) is 3.48. The first-order valence-corrected chi connectivity index (χ1v) is 13.0. The summed E-state index contributed by atoms with van der Waals surface area (Å²) in [5.74, 6) is 0.955. The number of rotatable bonds is 6. The van der Waals surface area contributed by atoms with E-state index in [0.717, 1.165) is 56.9 Å². The molecule has 180 valence electrons. The Hall–Kier alpha value is -3.90. The number of imidazole rings is 1. The summed E-state index contributed by atoms with van der Waals surface area (Å²) >= 11 is 1.45. The Morgan fingerprint density at radius 3 is 2.61 bits per heavy atom. The highest BCUT2D eigenvalue weighted by molar-refractivity contribution is 7.15. The van der Waals surface area contributed by atoms with Crippen LogP contribution in [0.15, 0.2) is 71.5 Å². The van der Waals surface area contributed by atoms with Crippen LogP contribution in [0.1, 0.15) is 28.8 Å². The monoisotopic (exact) mass is 493 g/mol. The topological polar surface area (TPSA) is 48.5 Å². The van der Waals surface area contributed by atoms with E-state index in [2.05, 4.69) is 72.8 Å². The van der Waals surface area contributed by atoms with E-state index in [1.807, 2.05) is 30.3 Å². The molecule has 3 aromatic carbocycles. The van der Waals surface area contributed by atoms with Gasteiger partial charge in [-0.3, -0.25) is 4.79 Å². The number of aryl methyl sites for hydroxylation is 3. The smallest absolute Gasteiger partial charge is 0.274 e. The quantitative estimate of drug-likeness (QED) is 0.275. The van der Waals surface area contributed by atoms with Gasteiger partial charge >= 0.3 is 0 Å². The van der Waals surface area contributed by atoms with Crippen molar-refractivity contribution in [3.8, 4) is 5.75 Å². The van der Waals surface area contributed by atoms with Crippen LogP contribution in [0.2, 0.25) is 0 Å². The van der Waals surface area contributed by atoms with Gasteiger partial charge in [-0.25, -0.2) is 9.38 Å². The Morgan fingerprint density at radius 2 is 1.75 bits per heavy atom. The van der Waals surface area contributed by atoms with Crippen molar-refractivity contribution in [3.63, 3.8) is 0 Å². The molecule has 0 unspecified atom stereocenters. The maximum absolute atomic E-state index is 13.3. The minimum atomic E-state index is -0.0122. The number of benzene rings is 3. The molecule has 5 nitrogen and oxygen atoms in total. The molecular formula is C30H27N3O2S. The third kappa shape index (κ3) is 3.78. The summed E-state index contributed by atoms with van der Waals surface area (Å²) in [6.45, 7) is 7.79. The van der Waals surface area contributed by atoms with Crippen LogP contribution < -0.4 is 14.8 Å². The van der Waals surface area contributed by atoms with E-state index in [-0.39, 0.29) is 5.56 Å². The highest BCUT2D eigenvalue weighted by Gasteiger charge is 2.15. The van der Waals surface area contributed by atoms with Crippen LogP contribution in [-0.4, -0.2) is 20.6 Å². The third-order valence-electron chi connectivity index (χ3n) is 6.83. The van der Waals surface area contributed by atoms with E-state index in [1.165, 1.54) is 22.4 Å². The number of aromatic nitrogens is 3. The molecule has 0 aliphatic rings. The van der Waals surface area contributed by atoms with Crippen molar-refractivity contribution in [1.29, 1.82) is 0 Å². The second-order valence-corrected chi connectivity index (χ2v) is 10.3. The van der Waals surface area contributed by atoms with Crippen molar-refractivity contribution in [3.05, 3.63) is 104 Å². The van der Waals surface area contributed by atoms with Crippen molar-refractivity contribution in [2.24, 2.45) is 0 Å². The molecule has 0 saturated heterocycles. The summed E-state index contributed by atoms with van der Waals surface area (Å²) in [6.07, 6.45) is 2.93. The fraction of sp³-hybridized carbons (Fsp3) is 0.200. The molecule has 6 rings (SSSR count). The molecule has 0 N–H and O–H groups in total. The Kier molecular flexibility index (Phi) is 5.61. The molecule has 6 aromatic rings. The van der Waals surface area contributed by atoms with Crippen molar-refractivity contribution in [2.75, 3.05) is 6.61 Å². The fourth-order valence-corrected chi connectivity index (χ4v) is 5.91. The molecule has 36 heavy (non-hydrogen) atoms. The largest absolute Gasteiger partial charge is 0.493 e. The van der Waals surface area contributed by atoms with E-state index < -0.39 is 0 Å². The number of ether oxygens (including phenoxy) is 1. The number of hydrogen-bond acceptors (Lipinski definition) is 4. The van der Waals surface area contributed by atoms with E-state index in [1.54, 1.807) is 4.40 Å². The summed E-state index contributed by atoms with van der Waals surface area (Å²) in [4.78, 5) is 18.7. The van der Waals surface area contributed by atoms with Gasteiger partial charge in [-0.2, -0.15) is 0 Å². The summed E-state index contributed by atoms with van der Waals surface area (Å²) in [6, 6.07) is 22.5. The Balaban J connectivity index is 1.34. The lowest BCUT2D eigenvalue weighted by atomic mass is 10.1. The Labute approximate surface area is 212 Å². The maximum Gasteiger partial charge on any atom is 0.274 e. The summed E-state index contributed by atoms with van der Waals surface area (Å²) in [5, 5.41) is 1.15. The van der Waals surface area contributed by atoms with Crippen LogP contribution in [0.25, 0.3) is 33.0 Å². The lowest BCUT2D eigenvalue weighted by Gasteiger charge is -2.12. The van der Waals surface area contributed by atoms with Crippen LogP contribution in [0.4, 0.5) is 0 Å². The van der Waals surface area contributed by atoms with Gasteiger partial charge in [0.2, 0.25) is 0 Å². The average molecular weight is 494 g/mol. The first-order chi connectivity index (χ1) is 17.5. The van der Waals surface area contributed by atoms with Gasteiger partial charge < -0.3 is 9.30 Å². The van der Waals surface area contributed by atoms with E-state index in [9.17, 15) is 4.79 Å². The Morgan fingerprint density at radius 1 is 0.972 bits per heavy atom. The predicted molar refractivity (Wildman–Crippen MR) is 148 cm³/mol. The minimum absolute atomic E-state index is 0.0122. The summed E-state index contributed by atoms with van der Waals surface area (Å²) in [5.41, 5.74) is 7.47. The van der Waals surface area contributed by atoms with Gasteiger partial charge in [0.15, 0.2) is 4.96 Å². The van der Waals surface area contributed by atoms with Crippen LogP contribution >= 0.6 is 11.3 Å². The van der Waals surface area contributed by atoms with E-state index >= 15 is 0 Å². The predicted octanol–water partition coefficient (Wildman–Crippen LogP) is 5.81. The van der Waals surface area contributed by atoms with Gasteiger partial charge in [0.25, 0.3) is 5.56 Å². The summed E-state index contributed by atoms with van der Waals surface area (Å²) < 4.78 is 10.9. The lowest BCUT2D eigenvalue weighted by molar-refractivity contribution is 0.300. The van der Waals surface area contributed by atoms with Gasteiger partial charge in [0, 0.05) is 28.7 Å². The number of para-hydroxylation sites is 3. The van der Waals surface area contributed by atoms with E-state index in [0.29, 0.717) is 11.1 Å². The number of thiazole rings is 1. The molecule has 0 fully saturated rings. The second-order valence-electron chi connectivity index (χ2n) is 9.27. The van der Waals surface area contributed by atoms with Crippen molar-refractivity contribution in [2.45, 2.75) is 33.7 Å².